The summed E-state index contributed by atoms with van der Waals surface area (Å²) >= 11 is 0. The minimum atomic E-state index is -3.42. The topological polar surface area (TPSA) is 67.4 Å². The molecule has 0 heterocycles. The molecule has 2 aliphatic carbocycles. The fourth-order valence-electron chi connectivity index (χ4n) is 5.60. The van der Waals surface area contributed by atoms with E-state index in [0.717, 1.165) is 57.2 Å². The van der Waals surface area contributed by atoms with E-state index in [1.165, 1.54) is 11.1 Å². The van der Waals surface area contributed by atoms with E-state index in [1.54, 1.807) is 31.4 Å². The zero-order valence-corrected chi connectivity index (χ0v) is 21.0. The number of aryl methyl sites for hydroxylation is 1. The molecule has 0 amide bonds. The maximum atomic E-state index is 12.5. The van der Waals surface area contributed by atoms with Crippen molar-refractivity contribution in [2.24, 2.45) is 11.8 Å². The van der Waals surface area contributed by atoms with Gasteiger partial charge in [-0.05, 0) is 98.7 Å². The summed E-state index contributed by atoms with van der Waals surface area (Å²) in [5.74, 6) is 2.46. The largest absolute Gasteiger partial charge is 0.497 e. The fraction of sp³-hybridized carbons (Fsp3) is 0.500. The number of sulfonamides is 1. The van der Waals surface area contributed by atoms with E-state index in [4.69, 9.17) is 4.74 Å². The van der Waals surface area contributed by atoms with E-state index in [1.807, 2.05) is 12.1 Å². The van der Waals surface area contributed by atoms with Crippen molar-refractivity contribution in [2.75, 3.05) is 20.2 Å². The summed E-state index contributed by atoms with van der Waals surface area (Å²) in [6.07, 6.45) is 9.68. The van der Waals surface area contributed by atoms with Crippen LogP contribution in [0.25, 0.3) is 0 Å². The summed E-state index contributed by atoms with van der Waals surface area (Å²) in [5, 5.41) is 3.90. The smallest absolute Gasteiger partial charge is 0.240 e. The van der Waals surface area contributed by atoms with Crippen molar-refractivity contribution in [1.29, 1.82) is 0 Å². The number of allylic oxidation sites excluding steroid dienone is 1. The maximum Gasteiger partial charge on any atom is 0.240 e. The van der Waals surface area contributed by atoms with Crippen molar-refractivity contribution in [3.05, 3.63) is 72.3 Å². The van der Waals surface area contributed by atoms with Crippen LogP contribution in [0.2, 0.25) is 0 Å². The highest BCUT2D eigenvalue weighted by molar-refractivity contribution is 7.89. The number of benzene rings is 2. The summed E-state index contributed by atoms with van der Waals surface area (Å²) in [5.41, 5.74) is 2.83. The van der Waals surface area contributed by atoms with Crippen molar-refractivity contribution >= 4 is 10.0 Å². The zero-order chi connectivity index (χ0) is 24.0. The van der Waals surface area contributed by atoms with E-state index in [0.29, 0.717) is 35.2 Å². The van der Waals surface area contributed by atoms with E-state index >= 15 is 0 Å². The van der Waals surface area contributed by atoms with Crippen LogP contribution in [-0.2, 0) is 16.4 Å². The molecule has 0 aromatic heterocycles. The lowest BCUT2D eigenvalue weighted by molar-refractivity contribution is 0.252. The molecule has 1 saturated carbocycles. The molecule has 0 bridgehead atoms. The molecule has 1 fully saturated rings. The highest BCUT2D eigenvalue weighted by atomic mass is 32.2. The molecule has 2 aliphatic rings. The average molecular weight is 483 g/mol. The van der Waals surface area contributed by atoms with Gasteiger partial charge < -0.3 is 10.1 Å². The number of ether oxygens (including phenoxy) is 1. The minimum absolute atomic E-state index is 0.342. The van der Waals surface area contributed by atoms with Crippen LogP contribution < -0.4 is 14.8 Å². The van der Waals surface area contributed by atoms with Gasteiger partial charge in [-0.15, -0.1) is 6.58 Å². The van der Waals surface area contributed by atoms with Gasteiger partial charge in [-0.1, -0.05) is 30.3 Å². The molecule has 0 aliphatic heterocycles. The number of hydrogen-bond acceptors (Lipinski definition) is 4. The predicted molar refractivity (Wildman–Crippen MR) is 138 cm³/mol. The van der Waals surface area contributed by atoms with Crippen molar-refractivity contribution in [3.63, 3.8) is 0 Å². The molecule has 0 saturated heterocycles. The number of hydrogen-bond donors (Lipinski definition) is 2. The summed E-state index contributed by atoms with van der Waals surface area (Å²) in [7, 11) is -1.69. The molecule has 5 nitrogen and oxygen atoms in total. The molecule has 184 valence electrons. The van der Waals surface area contributed by atoms with Crippen LogP contribution in [0.15, 0.2) is 66.1 Å². The molecule has 6 heteroatoms. The SMILES string of the molecule is C=CCC1c2ccc(OC)cc2CCC1NCC1CCC(CNS(=O)(=O)c2ccccc2)CC1. The molecule has 34 heavy (non-hydrogen) atoms. The number of methoxy groups -OCH3 is 1. The van der Waals surface area contributed by atoms with E-state index < -0.39 is 10.0 Å². The Balaban J connectivity index is 1.25. The van der Waals surface area contributed by atoms with Gasteiger partial charge in [-0.25, -0.2) is 13.1 Å². The Morgan fingerprint density at radius 3 is 2.38 bits per heavy atom. The second-order valence-corrected chi connectivity index (χ2v) is 11.6. The van der Waals surface area contributed by atoms with E-state index in [9.17, 15) is 8.42 Å². The van der Waals surface area contributed by atoms with Gasteiger partial charge in [-0.2, -0.15) is 0 Å². The van der Waals surface area contributed by atoms with Gasteiger partial charge in [0.25, 0.3) is 0 Å². The molecular weight excluding hydrogens is 444 g/mol. The highest BCUT2D eigenvalue weighted by Crippen LogP contribution is 2.37. The second kappa shape index (κ2) is 11.5. The molecule has 0 spiro atoms. The number of rotatable bonds is 10. The summed E-state index contributed by atoms with van der Waals surface area (Å²) < 4.78 is 33.2. The van der Waals surface area contributed by atoms with Crippen LogP contribution in [0, 0.1) is 11.8 Å². The average Bonchev–Trinajstić information content (AvgIpc) is 2.88. The first-order valence-electron chi connectivity index (χ1n) is 12.6. The van der Waals surface area contributed by atoms with Gasteiger partial charge in [0.1, 0.15) is 5.75 Å². The lowest BCUT2D eigenvalue weighted by atomic mass is 9.76. The van der Waals surface area contributed by atoms with Crippen molar-refractivity contribution in [2.45, 2.75) is 61.8 Å². The van der Waals surface area contributed by atoms with Crippen LogP contribution in [-0.4, -0.2) is 34.7 Å². The van der Waals surface area contributed by atoms with E-state index in [-0.39, 0.29) is 0 Å². The first kappa shape index (κ1) is 25.0. The number of fused-ring (bicyclic) bond motifs is 1. The predicted octanol–water partition coefficient (Wildman–Crippen LogP) is 5.04. The Hall–Kier alpha value is -2.15. The standard InChI is InChI=1S/C28H38N2O3S/c1-3-7-27-26-16-15-24(33-2)18-23(26)14-17-28(27)29-19-21-10-12-22(13-11-21)20-30-34(31,32)25-8-5-4-6-9-25/h3-6,8-9,15-16,18,21-22,27-30H,1,7,10-14,17,19-20H2,2H3. The summed E-state index contributed by atoms with van der Waals surface area (Å²) in [6.45, 7) is 5.57. The third kappa shape index (κ3) is 6.09. The van der Waals surface area contributed by atoms with E-state index in [2.05, 4.69) is 34.8 Å². The normalized spacial score (nSPS) is 24.9. The van der Waals surface area contributed by atoms with Crippen molar-refractivity contribution in [1.82, 2.24) is 10.0 Å². The second-order valence-electron chi connectivity index (χ2n) is 9.80. The van der Waals surface area contributed by atoms with Gasteiger partial charge in [0.2, 0.25) is 10.0 Å². The molecule has 2 N–H and O–H groups in total. The molecule has 0 radical (unpaired) electrons. The highest BCUT2D eigenvalue weighted by Gasteiger charge is 2.30. The molecule has 4 rings (SSSR count). The Morgan fingerprint density at radius 1 is 1.00 bits per heavy atom. The molecular formula is C28H38N2O3S. The fourth-order valence-corrected chi connectivity index (χ4v) is 6.74. The Labute approximate surface area is 205 Å². The lowest BCUT2D eigenvalue weighted by Gasteiger charge is -2.36. The summed E-state index contributed by atoms with van der Waals surface area (Å²) in [4.78, 5) is 0.342. The van der Waals surface area contributed by atoms with Crippen molar-refractivity contribution in [3.8, 4) is 5.75 Å². The van der Waals surface area contributed by atoms with Crippen LogP contribution in [0.4, 0.5) is 0 Å². The Morgan fingerprint density at radius 2 is 1.71 bits per heavy atom. The third-order valence-electron chi connectivity index (χ3n) is 7.63. The first-order chi connectivity index (χ1) is 16.5. The van der Waals surface area contributed by atoms with Crippen LogP contribution in [0.1, 0.15) is 55.6 Å². The minimum Gasteiger partial charge on any atom is -0.497 e. The van der Waals surface area contributed by atoms with Crippen molar-refractivity contribution < 1.29 is 13.2 Å². The summed E-state index contributed by atoms with van der Waals surface area (Å²) in [6, 6.07) is 15.6. The maximum absolute atomic E-state index is 12.5. The quantitative estimate of drug-likeness (QED) is 0.466. The van der Waals surface area contributed by atoms with Crippen LogP contribution >= 0.6 is 0 Å². The van der Waals surface area contributed by atoms with Gasteiger partial charge in [0.05, 0.1) is 12.0 Å². The van der Waals surface area contributed by atoms with Gasteiger partial charge in [0, 0.05) is 18.5 Å². The van der Waals surface area contributed by atoms with Gasteiger partial charge >= 0.3 is 0 Å². The lowest BCUT2D eigenvalue weighted by Crippen LogP contribution is -2.41. The third-order valence-corrected chi connectivity index (χ3v) is 9.07. The molecule has 2 aromatic rings. The Kier molecular flexibility index (Phi) is 8.46. The molecule has 2 atom stereocenters. The monoisotopic (exact) mass is 482 g/mol. The molecule has 2 aromatic carbocycles. The molecule has 2 unspecified atom stereocenters. The number of nitrogens with one attached hydrogen (secondary N) is 2. The van der Waals surface area contributed by atoms with Gasteiger partial charge in [0.15, 0.2) is 0 Å². The first-order valence-corrected chi connectivity index (χ1v) is 14.0. The van der Waals surface area contributed by atoms with Gasteiger partial charge in [-0.3, -0.25) is 0 Å². The Bertz CT molecular complexity index is 1050. The zero-order valence-electron chi connectivity index (χ0n) is 20.2. The van der Waals surface area contributed by atoms with Crippen LogP contribution in [0.5, 0.6) is 5.75 Å². The van der Waals surface area contributed by atoms with Crippen LogP contribution in [0.3, 0.4) is 0 Å².